The van der Waals surface area contributed by atoms with Gasteiger partial charge in [-0.2, -0.15) is 5.10 Å². The van der Waals surface area contributed by atoms with Crippen LogP contribution >= 0.6 is 15.9 Å². The van der Waals surface area contributed by atoms with Crippen molar-refractivity contribution >= 4 is 21.6 Å². The van der Waals surface area contributed by atoms with Crippen LogP contribution in [-0.4, -0.2) is 10.7 Å². The lowest BCUT2D eigenvalue weighted by Crippen LogP contribution is -2.33. The van der Waals surface area contributed by atoms with E-state index in [4.69, 9.17) is 9.84 Å². The van der Waals surface area contributed by atoms with Gasteiger partial charge in [0.2, 0.25) is 6.23 Å². The maximum Gasteiger partial charge on any atom is 0.213 e. The first-order valence-corrected chi connectivity index (χ1v) is 10.4. The number of fused-ring (bicyclic) bond motifs is 3. The highest BCUT2D eigenvalue weighted by molar-refractivity contribution is 9.10. The van der Waals surface area contributed by atoms with E-state index >= 15 is 0 Å². The van der Waals surface area contributed by atoms with Crippen LogP contribution in [0.3, 0.4) is 0 Å². The SMILES string of the molecule is CCCCCCC1=NN2C(C1)c1ccccc1OC2c1ccc(Br)cc1. The molecule has 3 nitrogen and oxygen atoms in total. The zero-order valence-corrected chi connectivity index (χ0v) is 16.8. The van der Waals surface area contributed by atoms with E-state index in [1.165, 1.54) is 37.0 Å². The quantitative estimate of drug-likeness (QED) is 0.498. The summed E-state index contributed by atoms with van der Waals surface area (Å²) in [6, 6.07) is 17.1. The molecule has 0 spiro atoms. The number of benzene rings is 2. The third-order valence-electron chi connectivity index (χ3n) is 5.24. The Kier molecular flexibility index (Phi) is 5.30. The number of halogens is 1. The van der Waals surface area contributed by atoms with Gasteiger partial charge in [-0.15, -0.1) is 0 Å². The van der Waals surface area contributed by atoms with E-state index in [0.717, 1.165) is 28.6 Å². The standard InChI is InChI=1S/C22H25BrN2O/c1-2-3-4-5-8-18-15-20-19-9-6-7-10-21(19)26-22(25(20)24-18)16-11-13-17(23)14-12-16/h6-7,9-14,20,22H,2-5,8,15H2,1H3. The summed E-state index contributed by atoms with van der Waals surface area (Å²) in [7, 11) is 0. The van der Waals surface area contributed by atoms with Crippen LogP contribution in [0.15, 0.2) is 58.1 Å². The van der Waals surface area contributed by atoms with Crippen molar-refractivity contribution in [2.75, 3.05) is 0 Å². The summed E-state index contributed by atoms with van der Waals surface area (Å²) in [5.74, 6) is 0.990. The van der Waals surface area contributed by atoms with E-state index in [-0.39, 0.29) is 12.3 Å². The van der Waals surface area contributed by atoms with Crippen LogP contribution < -0.4 is 4.74 Å². The lowest BCUT2D eigenvalue weighted by molar-refractivity contribution is -0.0190. The Bertz CT molecular complexity index is 787. The molecule has 0 amide bonds. The third kappa shape index (κ3) is 3.52. The van der Waals surface area contributed by atoms with E-state index in [9.17, 15) is 0 Å². The summed E-state index contributed by atoms with van der Waals surface area (Å²) in [5, 5.41) is 7.18. The highest BCUT2D eigenvalue weighted by atomic mass is 79.9. The molecule has 0 bridgehead atoms. The first kappa shape index (κ1) is 17.6. The molecule has 0 saturated heterocycles. The zero-order chi connectivity index (χ0) is 17.9. The van der Waals surface area contributed by atoms with Crippen LogP contribution in [-0.2, 0) is 0 Å². The van der Waals surface area contributed by atoms with Gasteiger partial charge in [0.1, 0.15) is 5.75 Å². The van der Waals surface area contributed by atoms with Gasteiger partial charge in [0.25, 0.3) is 0 Å². The minimum absolute atomic E-state index is 0.156. The minimum Gasteiger partial charge on any atom is -0.464 e. The Labute approximate surface area is 164 Å². The lowest BCUT2D eigenvalue weighted by atomic mass is 9.96. The van der Waals surface area contributed by atoms with Crippen LogP contribution in [0.25, 0.3) is 0 Å². The molecule has 2 aliphatic heterocycles. The number of rotatable bonds is 6. The van der Waals surface area contributed by atoms with Crippen molar-refractivity contribution in [3.05, 3.63) is 64.1 Å². The summed E-state index contributed by atoms with van der Waals surface area (Å²) in [4.78, 5) is 0. The number of para-hydroxylation sites is 1. The number of nitrogens with zero attached hydrogens (tertiary/aromatic N) is 2. The Balaban J connectivity index is 1.60. The maximum absolute atomic E-state index is 6.37. The second kappa shape index (κ2) is 7.83. The predicted molar refractivity (Wildman–Crippen MR) is 109 cm³/mol. The first-order valence-electron chi connectivity index (χ1n) is 9.62. The van der Waals surface area contributed by atoms with Crippen molar-refractivity contribution in [2.45, 2.75) is 57.7 Å². The molecule has 2 unspecified atom stereocenters. The number of hydrazone groups is 1. The fraction of sp³-hybridized carbons (Fsp3) is 0.409. The molecule has 2 heterocycles. The molecule has 2 aromatic rings. The van der Waals surface area contributed by atoms with Crippen molar-refractivity contribution in [1.82, 2.24) is 5.01 Å². The monoisotopic (exact) mass is 412 g/mol. The first-order chi connectivity index (χ1) is 12.8. The molecule has 0 N–H and O–H groups in total. The summed E-state index contributed by atoms with van der Waals surface area (Å²) < 4.78 is 7.45. The van der Waals surface area contributed by atoms with Crippen molar-refractivity contribution in [3.63, 3.8) is 0 Å². The summed E-state index contributed by atoms with van der Waals surface area (Å²) in [6.07, 6.45) is 7.07. The molecular weight excluding hydrogens is 388 g/mol. The fourth-order valence-corrected chi connectivity index (χ4v) is 4.12. The number of unbranched alkanes of at least 4 members (excludes halogenated alkanes) is 3. The third-order valence-corrected chi connectivity index (χ3v) is 5.76. The predicted octanol–water partition coefficient (Wildman–Crippen LogP) is 6.61. The molecule has 4 heteroatoms. The van der Waals surface area contributed by atoms with Crippen molar-refractivity contribution < 1.29 is 4.74 Å². The second-order valence-corrected chi connectivity index (χ2v) is 8.05. The molecule has 2 aromatic carbocycles. The zero-order valence-electron chi connectivity index (χ0n) is 15.2. The second-order valence-electron chi connectivity index (χ2n) is 7.14. The van der Waals surface area contributed by atoms with Gasteiger partial charge in [0.15, 0.2) is 0 Å². The number of hydrogen-bond acceptors (Lipinski definition) is 3. The average molecular weight is 413 g/mol. The van der Waals surface area contributed by atoms with Crippen LogP contribution in [0.4, 0.5) is 0 Å². The van der Waals surface area contributed by atoms with Crippen molar-refractivity contribution in [1.29, 1.82) is 0 Å². The van der Waals surface area contributed by atoms with Gasteiger partial charge in [0.05, 0.1) is 6.04 Å². The molecule has 0 aromatic heterocycles. The minimum atomic E-state index is -0.156. The Morgan fingerprint density at radius 2 is 1.88 bits per heavy atom. The van der Waals surface area contributed by atoms with Crippen LogP contribution in [0.5, 0.6) is 5.75 Å². The molecule has 136 valence electrons. The van der Waals surface area contributed by atoms with Gasteiger partial charge in [-0.25, -0.2) is 5.01 Å². The van der Waals surface area contributed by atoms with E-state index in [1.807, 2.05) is 0 Å². The van der Waals surface area contributed by atoms with Gasteiger partial charge < -0.3 is 4.74 Å². The van der Waals surface area contributed by atoms with E-state index in [2.05, 4.69) is 76.4 Å². The van der Waals surface area contributed by atoms with Crippen molar-refractivity contribution in [2.24, 2.45) is 5.10 Å². The number of hydrogen-bond donors (Lipinski definition) is 0. The molecule has 4 rings (SSSR count). The van der Waals surface area contributed by atoms with E-state index in [0.29, 0.717) is 0 Å². The highest BCUT2D eigenvalue weighted by Gasteiger charge is 2.40. The lowest BCUT2D eigenvalue weighted by Gasteiger charge is -2.38. The van der Waals surface area contributed by atoms with Gasteiger partial charge >= 0.3 is 0 Å². The van der Waals surface area contributed by atoms with E-state index < -0.39 is 0 Å². The normalized spacial score (nSPS) is 21.0. The van der Waals surface area contributed by atoms with Gasteiger partial charge in [-0.1, -0.05) is 72.4 Å². The summed E-state index contributed by atoms with van der Waals surface area (Å²) in [6.45, 7) is 2.25. The van der Waals surface area contributed by atoms with Crippen LogP contribution in [0.1, 0.15) is 68.8 Å². The van der Waals surface area contributed by atoms with Gasteiger partial charge in [-0.05, 0) is 31.0 Å². The van der Waals surface area contributed by atoms with Crippen LogP contribution in [0, 0.1) is 0 Å². The Morgan fingerprint density at radius 1 is 1.08 bits per heavy atom. The Morgan fingerprint density at radius 3 is 2.69 bits per heavy atom. The molecule has 2 aliphatic rings. The molecule has 26 heavy (non-hydrogen) atoms. The van der Waals surface area contributed by atoms with Gasteiger partial charge in [-0.3, -0.25) is 0 Å². The summed E-state index contributed by atoms with van der Waals surface area (Å²) in [5.41, 5.74) is 3.71. The molecule has 0 saturated carbocycles. The Hall–Kier alpha value is -1.81. The fourth-order valence-electron chi connectivity index (χ4n) is 3.85. The number of ether oxygens (including phenoxy) is 1. The molecule has 0 radical (unpaired) electrons. The molecule has 2 atom stereocenters. The van der Waals surface area contributed by atoms with E-state index in [1.54, 1.807) is 0 Å². The molecule has 0 aliphatic carbocycles. The smallest absolute Gasteiger partial charge is 0.213 e. The highest BCUT2D eigenvalue weighted by Crippen LogP contribution is 2.47. The largest absolute Gasteiger partial charge is 0.464 e. The van der Waals surface area contributed by atoms with Gasteiger partial charge in [0, 0.05) is 27.7 Å². The molecular formula is C22H25BrN2O. The maximum atomic E-state index is 6.37. The van der Waals surface area contributed by atoms with Crippen LogP contribution in [0.2, 0.25) is 0 Å². The van der Waals surface area contributed by atoms with Crippen molar-refractivity contribution in [3.8, 4) is 5.75 Å². The average Bonchev–Trinajstić information content (AvgIpc) is 3.10. The summed E-state index contributed by atoms with van der Waals surface area (Å²) >= 11 is 3.52. The topological polar surface area (TPSA) is 24.8 Å². The molecule has 0 fully saturated rings.